The van der Waals surface area contributed by atoms with Crippen molar-refractivity contribution in [1.29, 1.82) is 5.26 Å². The van der Waals surface area contributed by atoms with Crippen molar-refractivity contribution in [2.24, 2.45) is 0 Å². The lowest BCUT2D eigenvalue weighted by atomic mass is 10.1. The topological polar surface area (TPSA) is 82.6 Å². The number of nitriles is 1. The summed E-state index contributed by atoms with van der Waals surface area (Å²) >= 11 is 0. The first-order chi connectivity index (χ1) is 14.6. The zero-order chi connectivity index (χ0) is 21.1. The Morgan fingerprint density at radius 1 is 1.17 bits per heavy atom. The van der Waals surface area contributed by atoms with Gasteiger partial charge < -0.3 is 19.0 Å². The predicted octanol–water partition coefficient (Wildman–Crippen LogP) is 3.32. The van der Waals surface area contributed by atoms with Gasteiger partial charge in [-0.15, -0.1) is 0 Å². The average molecular weight is 406 g/mol. The molecule has 1 aromatic heterocycles. The Morgan fingerprint density at radius 2 is 1.90 bits per heavy atom. The fraction of sp³-hybridized carbons (Fsp3) is 0.227. The van der Waals surface area contributed by atoms with Crippen molar-refractivity contribution in [1.82, 2.24) is 9.88 Å². The molecule has 8 heteroatoms. The zero-order valence-electron chi connectivity index (χ0n) is 16.3. The molecule has 0 bridgehead atoms. The third-order valence-corrected chi connectivity index (χ3v) is 4.98. The second-order valence-corrected chi connectivity index (χ2v) is 6.80. The number of methoxy groups -OCH3 is 1. The number of rotatable bonds is 4. The highest BCUT2D eigenvalue weighted by Gasteiger charge is 2.27. The Hall–Kier alpha value is -3.86. The van der Waals surface area contributed by atoms with Gasteiger partial charge in [-0.05, 0) is 42.5 Å². The molecule has 1 saturated heterocycles. The number of anilines is 1. The maximum atomic E-state index is 13.2. The molecule has 0 radical (unpaired) electrons. The van der Waals surface area contributed by atoms with E-state index >= 15 is 0 Å². The molecule has 1 aliphatic rings. The zero-order valence-corrected chi connectivity index (χ0v) is 16.3. The van der Waals surface area contributed by atoms with Crippen molar-refractivity contribution in [3.05, 3.63) is 65.6 Å². The summed E-state index contributed by atoms with van der Waals surface area (Å²) in [6, 6.07) is 14.8. The van der Waals surface area contributed by atoms with Crippen LogP contribution >= 0.6 is 0 Å². The summed E-state index contributed by atoms with van der Waals surface area (Å²) in [7, 11) is 1.56. The van der Waals surface area contributed by atoms with Crippen molar-refractivity contribution in [2.45, 2.75) is 0 Å². The first kappa shape index (κ1) is 19.5. The van der Waals surface area contributed by atoms with E-state index in [-0.39, 0.29) is 23.3 Å². The van der Waals surface area contributed by atoms with Crippen LogP contribution in [0.25, 0.3) is 11.5 Å². The molecule has 2 heterocycles. The van der Waals surface area contributed by atoms with E-state index in [2.05, 4.69) is 11.1 Å². The van der Waals surface area contributed by atoms with Crippen LogP contribution < -0.4 is 9.64 Å². The molecule has 1 aliphatic heterocycles. The normalized spacial score (nSPS) is 13.8. The Balaban J connectivity index is 1.48. The number of hydrogen-bond acceptors (Lipinski definition) is 6. The first-order valence-corrected chi connectivity index (χ1v) is 9.44. The summed E-state index contributed by atoms with van der Waals surface area (Å²) in [5.74, 6) is 0.830. The molecule has 0 atom stereocenters. The molecule has 0 spiro atoms. The fourth-order valence-corrected chi connectivity index (χ4v) is 3.37. The number of carbonyl (C=O) groups is 1. The molecule has 152 valence electrons. The van der Waals surface area contributed by atoms with Gasteiger partial charge in [0.2, 0.25) is 17.5 Å². The summed E-state index contributed by atoms with van der Waals surface area (Å²) in [6.45, 7) is 1.96. The summed E-state index contributed by atoms with van der Waals surface area (Å²) in [6.07, 6.45) is 0. The van der Waals surface area contributed by atoms with Gasteiger partial charge in [0.25, 0.3) is 5.91 Å². The van der Waals surface area contributed by atoms with E-state index in [1.165, 1.54) is 12.1 Å². The molecule has 1 amide bonds. The molecular weight excluding hydrogens is 387 g/mol. The number of carbonyl (C=O) groups excluding carboxylic acids is 1. The second kappa shape index (κ2) is 8.25. The molecule has 3 aromatic rings. The van der Waals surface area contributed by atoms with Gasteiger partial charge in [-0.2, -0.15) is 10.2 Å². The van der Waals surface area contributed by atoms with Gasteiger partial charge in [0.1, 0.15) is 17.6 Å². The minimum Gasteiger partial charge on any atom is -0.497 e. The van der Waals surface area contributed by atoms with E-state index in [0.717, 1.165) is 0 Å². The number of aromatic nitrogens is 1. The predicted molar refractivity (Wildman–Crippen MR) is 108 cm³/mol. The molecule has 4 rings (SSSR count). The minimum atomic E-state index is -0.358. The van der Waals surface area contributed by atoms with Crippen LogP contribution in [0, 0.1) is 17.1 Å². The van der Waals surface area contributed by atoms with E-state index < -0.39 is 0 Å². The van der Waals surface area contributed by atoms with E-state index in [1.54, 1.807) is 48.4 Å². The van der Waals surface area contributed by atoms with Crippen molar-refractivity contribution >= 4 is 11.8 Å². The summed E-state index contributed by atoms with van der Waals surface area (Å²) < 4.78 is 24.2. The van der Waals surface area contributed by atoms with Gasteiger partial charge in [-0.1, -0.05) is 6.07 Å². The van der Waals surface area contributed by atoms with Gasteiger partial charge in [0, 0.05) is 37.3 Å². The molecule has 0 unspecified atom stereocenters. The van der Waals surface area contributed by atoms with Crippen molar-refractivity contribution in [3.8, 4) is 23.3 Å². The number of piperazine rings is 1. The highest BCUT2D eigenvalue weighted by atomic mass is 19.1. The van der Waals surface area contributed by atoms with Gasteiger partial charge >= 0.3 is 0 Å². The van der Waals surface area contributed by atoms with Crippen LogP contribution in [0.1, 0.15) is 16.1 Å². The molecule has 0 saturated carbocycles. The SMILES string of the molecule is COc1cccc(C(=O)N2CCN(c3oc(-c4ccc(F)cc4)nc3C#N)CC2)c1. The molecule has 7 nitrogen and oxygen atoms in total. The van der Waals surface area contributed by atoms with Crippen LogP contribution in [0.15, 0.2) is 52.9 Å². The number of ether oxygens (including phenoxy) is 1. The van der Waals surface area contributed by atoms with Crippen LogP contribution in [-0.2, 0) is 0 Å². The average Bonchev–Trinajstić information content (AvgIpc) is 3.23. The van der Waals surface area contributed by atoms with E-state index in [4.69, 9.17) is 9.15 Å². The highest BCUT2D eigenvalue weighted by molar-refractivity contribution is 5.94. The first-order valence-electron chi connectivity index (χ1n) is 9.44. The third-order valence-electron chi connectivity index (χ3n) is 4.98. The van der Waals surface area contributed by atoms with Gasteiger partial charge in [-0.3, -0.25) is 4.79 Å². The van der Waals surface area contributed by atoms with Gasteiger partial charge in [-0.25, -0.2) is 4.39 Å². The van der Waals surface area contributed by atoms with Crippen LogP contribution in [0.3, 0.4) is 0 Å². The molecular formula is C22H19FN4O3. The Kier molecular flexibility index (Phi) is 5.35. The third kappa shape index (κ3) is 3.82. The molecule has 1 fully saturated rings. The van der Waals surface area contributed by atoms with Crippen LogP contribution in [0.2, 0.25) is 0 Å². The largest absolute Gasteiger partial charge is 0.497 e. The molecule has 2 aromatic carbocycles. The van der Waals surface area contributed by atoms with E-state index in [9.17, 15) is 14.4 Å². The van der Waals surface area contributed by atoms with Gasteiger partial charge in [0.05, 0.1) is 7.11 Å². The standard InChI is InChI=1S/C22H19FN4O3/c1-29-18-4-2-3-16(13-18)21(28)26-9-11-27(12-10-26)22-19(14-24)25-20(30-22)15-5-7-17(23)8-6-15/h2-8,13H,9-12H2,1H3. The van der Waals surface area contributed by atoms with Crippen molar-refractivity contribution in [3.63, 3.8) is 0 Å². The van der Waals surface area contributed by atoms with Crippen LogP contribution in [0.4, 0.5) is 10.3 Å². The summed E-state index contributed by atoms with van der Waals surface area (Å²) in [4.78, 5) is 20.7. The number of hydrogen-bond donors (Lipinski definition) is 0. The van der Waals surface area contributed by atoms with Crippen molar-refractivity contribution in [2.75, 3.05) is 38.2 Å². The maximum absolute atomic E-state index is 13.2. The monoisotopic (exact) mass is 406 g/mol. The Morgan fingerprint density at radius 3 is 2.57 bits per heavy atom. The molecule has 30 heavy (non-hydrogen) atoms. The lowest BCUT2D eigenvalue weighted by Gasteiger charge is -2.34. The van der Waals surface area contributed by atoms with Crippen LogP contribution in [-0.4, -0.2) is 49.1 Å². The Labute approximate surface area is 172 Å². The van der Waals surface area contributed by atoms with E-state index in [1.807, 2.05) is 4.90 Å². The molecule has 0 aliphatic carbocycles. The Bertz CT molecular complexity index is 1100. The second-order valence-electron chi connectivity index (χ2n) is 6.80. The maximum Gasteiger partial charge on any atom is 0.254 e. The number of amides is 1. The lowest BCUT2D eigenvalue weighted by molar-refractivity contribution is 0.0745. The van der Waals surface area contributed by atoms with Crippen molar-refractivity contribution < 1.29 is 18.3 Å². The number of oxazole rings is 1. The fourth-order valence-electron chi connectivity index (χ4n) is 3.37. The smallest absolute Gasteiger partial charge is 0.254 e. The lowest BCUT2D eigenvalue weighted by Crippen LogP contribution is -2.48. The van der Waals surface area contributed by atoms with E-state index in [0.29, 0.717) is 48.9 Å². The highest BCUT2D eigenvalue weighted by Crippen LogP contribution is 2.29. The number of benzene rings is 2. The van der Waals surface area contributed by atoms with Crippen LogP contribution in [0.5, 0.6) is 5.75 Å². The van der Waals surface area contributed by atoms with Gasteiger partial charge in [0.15, 0.2) is 0 Å². The summed E-state index contributed by atoms with van der Waals surface area (Å²) in [5.41, 5.74) is 1.33. The molecule has 0 N–H and O–H groups in total. The quantitative estimate of drug-likeness (QED) is 0.661. The number of nitrogens with zero attached hydrogens (tertiary/aromatic N) is 4. The minimum absolute atomic E-state index is 0.0707. The summed E-state index contributed by atoms with van der Waals surface area (Å²) in [5, 5.41) is 9.46. The number of halogens is 1.